The molecule has 0 spiro atoms. The fourth-order valence-corrected chi connectivity index (χ4v) is 5.64. The summed E-state index contributed by atoms with van der Waals surface area (Å²) < 4.78 is 33.6. The molecule has 1 fully saturated rings. The van der Waals surface area contributed by atoms with Crippen molar-refractivity contribution in [2.75, 3.05) is 25.1 Å². The minimum absolute atomic E-state index is 0.0901. The molecule has 2 aliphatic heterocycles. The maximum atomic E-state index is 13.4. The molecule has 0 radical (unpaired) electrons. The van der Waals surface area contributed by atoms with Gasteiger partial charge in [-0.2, -0.15) is 4.31 Å². The Morgan fingerprint density at radius 3 is 2.52 bits per heavy atom. The Morgan fingerprint density at radius 2 is 1.83 bits per heavy atom. The second-order valence-electron chi connectivity index (χ2n) is 7.33. The van der Waals surface area contributed by atoms with E-state index in [9.17, 15) is 18.0 Å². The lowest BCUT2D eigenvalue weighted by Gasteiger charge is -2.23. The normalized spacial score (nSPS) is 19.4. The lowest BCUT2D eigenvalue weighted by atomic mass is 10.1. The predicted octanol–water partition coefficient (Wildman–Crippen LogP) is 1.55. The topological polar surface area (TPSA) is 88.9 Å². The molecule has 1 saturated heterocycles. The van der Waals surface area contributed by atoms with Gasteiger partial charge in [0.1, 0.15) is 16.6 Å². The minimum Gasteiger partial charge on any atom is -0.467 e. The predicted molar refractivity (Wildman–Crippen MR) is 106 cm³/mol. The van der Waals surface area contributed by atoms with Crippen molar-refractivity contribution in [3.63, 3.8) is 0 Å². The van der Waals surface area contributed by atoms with E-state index in [1.807, 2.05) is 12.1 Å². The number of anilines is 1. The van der Waals surface area contributed by atoms with Crippen LogP contribution in [0.4, 0.5) is 5.69 Å². The van der Waals surface area contributed by atoms with E-state index < -0.39 is 27.9 Å². The number of sulfonamides is 1. The lowest BCUT2D eigenvalue weighted by Crippen LogP contribution is -2.44. The van der Waals surface area contributed by atoms with Gasteiger partial charge in [-0.15, -0.1) is 0 Å². The summed E-state index contributed by atoms with van der Waals surface area (Å²) in [5, 5.41) is 0. The van der Waals surface area contributed by atoms with Crippen LogP contribution in [0.5, 0.6) is 0 Å². The van der Waals surface area contributed by atoms with Crippen molar-refractivity contribution in [3.8, 4) is 0 Å². The van der Waals surface area contributed by atoms with Crippen LogP contribution >= 0.6 is 0 Å². The first-order valence-corrected chi connectivity index (χ1v) is 10.9. The average molecular weight is 417 g/mol. The van der Waals surface area contributed by atoms with Crippen LogP contribution in [0.25, 0.3) is 0 Å². The Bertz CT molecular complexity index is 1070. The summed E-state index contributed by atoms with van der Waals surface area (Å²) in [6.45, 7) is 0.981. The average Bonchev–Trinajstić information content (AvgIpc) is 3.44. The third-order valence-corrected chi connectivity index (χ3v) is 7.43. The zero-order chi connectivity index (χ0) is 20.8. The SMILES string of the molecule is COC(=O)C1Cc2ccccc2N1C(=O)c1cc(S(=O)(=O)N2CCCC2)cn1C. The second kappa shape index (κ2) is 7.31. The Hall–Kier alpha value is -2.65. The quantitative estimate of drug-likeness (QED) is 0.705. The summed E-state index contributed by atoms with van der Waals surface area (Å²) in [4.78, 5) is 27.2. The number of ether oxygens (including phenoxy) is 1. The summed E-state index contributed by atoms with van der Waals surface area (Å²) in [6, 6.07) is 7.91. The van der Waals surface area contributed by atoms with Gasteiger partial charge in [-0.3, -0.25) is 9.69 Å². The second-order valence-corrected chi connectivity index (χ2v) is 9.27. The number of amides is 1. The highest BCUT2D eigenvalue weighted by Crippen LogP contribution is 2.34. The molecular weight excluding hydrogens is 394 g/mol. The van der Waals surface area contributed by atoms with E-state index in [4.69, 9.17) is 4.74 Å². The van der Waals surface area contributed by atoms with E-state index >= 15 is 0 Å². The number of rotatable bonds is 4. The number of methoxy groups -OCH3 is 1. The molecule has 9 heteroatoms. The number of para-hydroxylation sites is 1. The molecular formula is C20H23N3O5S. The van der Waals surface area contributed by atoms with Crippen molar-refractivity contribution in [3.05, 3.63) is 47.8 Å². The molecule has 2 aliphatic rings. The van der Waals surface area contributed by atoms with Crippen molar-refractivity contribution < 1.29 is 22.7 Å². The standard InChI is InChI=1S/C20H23N3O5S/c1-21-13-15(29(26,27)22-9-5-6-10-22)12-17(21)19(24)23-16-8-4-3-7-14(16)11-18(23)20(25)28-2/h3-4,7-8,12-13,18H,5-6,9-11H2,1-2H3. The van der Waals surface area contributed by atoms with Crippen molar-refractivity contribution in [1.82, 2.24) is 8.87 Å². The highest BCUT2D eigenvalue weighted by molar-refractivity contribution is 7.89. The fraction of sp³-hybridized carbons (Fsp3) is 0.400. The van der Waals surface area contributed by atoms with Crippen LogP contribution in [-0.2, 0) is 33.0 Å². The number of benzene rings is 1. The molecule has 0 saturated carbocycles. The van der Waals surface area contributed by atoms with Gasteiger partial charge in [0.25, 0.3) is 5.91 Å². The van der Waals surface area contributed by atoms with Crippen LogP contribution in [0.1, 0.15) is 28.9 Å². The molecule has 0 aliphatic carbocycles. The van der Waals surface area contributed by atoms with Crippen LogP contribution in [0, 0.1) is 0 Å². The van der Waals surface area contributed by atoms with E-state index in [2.05, 4.69) is 0 Å². The number of carbonyl (C=O) groups excluding carboxylic acids is 2. The number of carbonyl (C=O) groups is 2. The highest BCUT2D eigenvalue weighted by atomic mass is 32.2. The van der Waals surface area contributed by atoms with Crippen LogP contribution in [0.15, 0.2) is 41.4 Å². The maximum Gasteiger partial charge on any atom is 0.329 e. The first-order chi connectivity index (χ1) is 13.8. The molecule has 8 nitrogen and oxygen atoms in total. The van der Waals surface area contributed by atoms with Crippen LogP contribution < -0.4 is 4.90 Å². The summed E-state index contributed by atoms with van der Waals surface area (Å²) in [5.41, 5.74) is 1.71. The fourth-order valence-electron chi connectivity index (χ4n) is 4.05. The van der Waals surface area contributed by atoms with Crippen molar-refractivity contribution in [2.24, 2.45) is 7.05 Å². The first-order valence-electron chi connectivity index (χ1n) is 9.50. The minimum atomic E-state index is -3.64. The summed E-state index contributed by atoms with van der Waals surface area (Å²) in [7, 11) is -0.723. The Morgan fingerprint density at radius 1 is 1.14 bits per heavy atom. The molecule has 1 unspecified atom stereocenters. The third kappa shape index (κ3) is 3.24. The molecule has 3 heterocycles. The molecule has 29 heavy (non-hydrogen) atoms. The van der Waals surface area contributed by atoms with Crippen molar-refractivity contribution in [2.45, 2.75) is 30.2 Å². The Kier molecular flexibility index (Phi) is 4.95. The highest BCUT2D eigenvalue weighted by Gasteiger charge is 2.40. The lowest BCUT2D eigenvalue weighted by molar-refractivity contribution is -0.141. The number of fused-ring (bicyclic) bond motifs is 1. The van der Waals surface area contributed by atoms with Crippen LogP contribution in [0.3, 0.4) is 0 Å². The van der Waals surface area contributed by atoms with Crippen LogP contribution in [0.2, 0.25) is 0 Å². The van der Waals surface area contributed by atoms with Gasteiger partial charge in [-0.1, -0.05) is 18.2 Å². The number of nitrogens with zero attached hydrogens (tertiary/aromatic N) is 3. The molecule has 2 aromatic rings. The van der Waals surface area contributed by atoms with Crippen LogP contribution in [-0.4, -0.2) is 55.4 Å². The van der Waals surface area contributed by atoms with Crippen molar-refractivity contribution >= 4 is 27.6 Å². The zero-order valence-electron chi connectivity index (χ0n) is 16.4. The van der Waals surface area contributed by atoms with Crippen molar-refractivity contribution in [1.29, 1.82) is 0 Å². The molecule has 4 rings (SSSR count). The van der Waals surface area contributed by atoms with Gasteiger partial charge in [-0.05, 0) is 30.5 Å². The molecule has 154 valence electrons. The van der Waals surface area contributed by atoms with E-state index in [1.54, 1.807) is 19.2 Å². The van der Waals surface area contributed by atoms with E-state index in [0.29, 0.717) is 25.2 Å². The van der Waals surface area contributed by atoms with Gasteiger partial charge in [0.05, 0.1) is 7.11 Å². The number of aromatic nitrogens is 1. The molecule has 1 aromatic carbocycles. The van der Waals surface area contributed by atoms with E-state index in [1.165, 1.54) is 33.1 Å². The number of hydrogen-bond donors (Lipinski definition) is 0. The largest absolute Gasteiger partial charge is 0.467 e. The first kappa shape index (κ1) is 19.7. The summed E-state index contributed by atoms with van der Waals surface area (Å²) in [5.74, 6) is -0.940. The maximum absolute atomic E-state index is 13.4. The van der Waals surface area contributed by atoms with E-state index in [0.717, 1.165) is 18.4 Å². The monoisotopic (exact) mass is 417 g/mol. The molecule has 1 amide bonds. The van der Waals surface area contributed by atoms with Gasteiger partial charge in [0.15, 0.2) is 0 Å². The van der Waals surface area contributed by atoms with Gasteiger partial charge < -0.3 is 9.30 Å². The van der Waals surface area contributed by atoms with Gasteiger partial charge in [0.2, 0.25) is 10.0 Å². The molecule has 1 atom stereocenters. The van der Waals surface area contributed by atoms with E-state index in [-0.39, 0.29) is 10.6 Å². The molecule has 1 aromatic heterocycles. The molecule has 0 bridgehead atoms. The molecule has 0 N–H and O–H groups in total. The summed E-state index contributed by atoms with van der Waals surface area (Å²) >= 11 is 0. The Balaban J connectivity index is 1.72. The smallest absolute Gasteiger partial charge is 0.329 e. The summed E-state index contributed by atoms with van der Waals surface area (Å²) in [6.07, 6.45) is 3.49. The van der Waals surface area contributed by atoms with Gasteiger partial charge in [0, 0.05) is 38.4 Å². The zero-order valence-corrected chi connectivity index (χ0v) is 17.2. The number of hydrogen-bond acceptors (Lipinski definition) is 5. The van der Waals surface area contributed by atoms with Gasteiger partial charge in [-0.25, -0.2) is 13.2 Å². The number of aryl methyl sites for hydroxylation is 1. The Labute approximate surface area is 169 Å². The third-order valence-electron chi connectivity index (χ3n) is 5.57. The van der Waals surface area contributed by atoms with Gasteiger partial charge >= 0.3 is 5.97 Å². The number of esters is 1.